The van der Waals surface area contributed by atoms with Gasteiger partial charge in [-0.05, 0) is 47.2 Å². The Hall–Kier alpha value is -0.120. The fourth-order valence-corrected chi connectivity index (χ4v) is 2.36. The number of piperidine rings is 1. The minimum absolute atomic E-state index is 0.538. The number of nitrogens with one attached hydrogen (secondary N) is 1. The lowest BCUT2D eigenvalue weighted by atomic mass is 9.97. The van der Waals surface area contributed by atoms with E-state index >= 15 is 0 Å². The molecule has 14 heavy (non-hydrogen) atoms. The fraction of sp³-hybridized carbons (Fsp3) is 1.00. The maximum absolute atomic E-state index is 9.74. The first-order chi connectivity index (χ1) is 6.40. The normalized spacial score (nSPS) is 29.6. The van der Waals surface area contributed by atoms with Crippen molar-refractivity contribution in [3.8, 4) is 0 Å². The Balaban J connectivity index is 2.46. The number of likely N-dealkylation sites (N-methyl/N-ethyl adjacent to an activating group) is 1. The SMILES string of the molecule is CC1NCCCC1N(C)CC(C)(C)O. The first-order valence-electron chi connectivity index (χ1n) is 5.56. The van der Waals surface area contributed by atoms with E-state index in [-0.39, 0.29) is 0 Å². The van der Waals surface area contributed by atoms with Crippen LogP contribution >= 0.6 is 0 Å². The third-order valence-electron chi connectivity index (χ3n) is 2.92. The highest BCUT2D eigenvalue weighted by Gasteiger charge is 2.27. The van der Waals surface area contributed by atoms with Crippen LogP contribution in [0.1, 0.15) is 33.6 Å². The van der Waals surface area contributed by atoms with Crippen molar-refractivity contribution in [2.75, 3.05) is 20.1 Å². The molecule has 1 heterocycles. The summed E-state index contributed by atoms with van der Waals surface area (Å²) in [5.74, 6) is 0. The molecule has 0 spiro atoms. The first-order valence-corrected chi connectivity index (χ1v) is 5.56. The van der Waals surface area contributed by atoms with E-state index in [0.29, 0.717) is 12.1 Å². The van der Waals surface area contributed by atoms with Crippen molar-refractivity contribution in [2.24, 2.45) is 0 Å². The van der Waals surface area contributed by atoms with Crippen LogP contribution < -0.4 is 5.32 Å². The molecule has 2 atom stereocenters. The highest BCUT2D eigenvalue weighted by molar-refractivity contribution is 4.86. The summed E-state index contributed by atoms with van der Waals surface area (Å²) in [6, 6.07) is 1.10. The maximum Gasteiger partial charge on any atom is 0.0718 e. The third kappa shape index (κ3) is 3.56. The van der Waals surface area contributed by atoms with Gasteiger partial charge in [0.1, 0.15) is 0 Å². The molecule has 0 aromatic heterocycles. The van der Waals surface area contributed by atoms with E-state index in [9.17, 15) is 5.11 Å². The number of hydrogen-bond acceptors (Lipinski definition) is 3. The summed E-state index contributed by atoms with van der Waals surface area (Å²) in [4.78, 5) is 2.27. The van der Waals surface area contributed by atoms with E-state index in [1.807, 2.05) is 13.8 Å². The molecule has 1 aliphatic heterocycles. The molecule has 0 amide bonds. The van der Waals surface area contributed by atoms with Crippen LogP contribution in [0.2, 0.25) is 0 Å². The summed E-state index contributed by atoms with van der Waals surface area (Å²) in [5.41, 5.74) is -0.591. The topological polar surface area (TPSA) is 35.5 Å². The lowest BCUT2D eigenvalue weighted by molar-refractivity contribution is 0.0210. The van der Waals surface area contributed by atoms with Gasteiger partial charge in [0.05, 0.1) is 5.60 Å². The molecule has 0 bridgehead atoms. The molecular formula is C11H24N2O. The number of aliphatic hydroxyl groups is 1. The highest BCUT2D eigenvalue weighted by atomic mass is 16.3. The van der Waals surface area contributed by atoms with Gasteiger partial charge >= 0.3 is 0 Å². The standard InChI is InChI=1S/C11H24N2O/c1-9-10(6-5-7-12-9)13(4)8-11(2,3)14/h9-10,12,14H,5-8H2,1-4H3. The number of nitrogens with zero attached hydrogens (tertiary/aromatic N) is 1. The molecule has 3 heteroatoms. The zero-order chi connectivity index (χ0) is 10.8. The van der Waals surface area contributed by atoms with Crippen LogP contribution in [0.4, 0.5) is 0 Å². The summed E-state index contributed by atoms with van der Waals surface area (Å²) < 4.78 is 0. The van der Waals surface area contributed by atoms with E-state index in [2.05, 4.69) is 24.2 Å². The average Bonchev–Trinajstić information content (AvgIpc) is 2.01. The zero-order valence-corrected chi connectivity index (χ0v) is 9.88. The van der Waals surface area contributed by atoms with E-state index in [4.69, 9.17) is 0 Å². The van der Waals surface area contributed by atoms with Crippen molar-refractivity contribution in [3.05, 3.63) is 0 Å². The Morgan fingerprint density at radius 1 is 1.50 bits per heavy atom. The van der Waals surface area contributed by atoms with Gasteiger partial charge in [0, 0.05) is 18.6 Å². The molecule has 0 aromatic rings. The molecule has 2 unspecified atom stereocenters. The first kappa shape index (κ1) is 12.0. The largest absolute Gasteiger partial charge is 0.389 e. The summed E-state index contributed by atoms with van der Waals surface area (Å²) in [7, 11) is 2.10. The summed E-state index contributed by atoms with van der Waals surface area (Å²) >= 11 is 0. The molecule has 1 rings (SSSR count). The molecule has 84 valence electrons. The second-order valence-corrected chi connectivity index (χ2v) is 5.18. The van der Waals surface area contributed by atoms with Gasteiger partial charge in [-0.1, -0.05) is 0 Å². The van der Waals surface area contributed by atoms with Crippen molar-refractivity contribution >= 4 is 0 Å². The second-order valence-electron chi connectivity index (χ2n) is 5.18. The van der Waals surface area contributed by atoms with Crippen molar-refractivity contribution in [2.45, 2.75) is 51.3 Å². The minimum Gasteiger partial charge on any atom is -0.389 e. The van der Waals surface area contributed by atoms with Crippen LogP contribution in [0, 0.1) is 0 Å². The Kier molecular flexibility index (Phi) is 3.93. The lowest BCUT2D eigenvalue weighted by Gasteiger charge is -2.39. The molecule has 1 aliphatic rings. The maximum atomic E-state index is 9.74. The predicted octanol–water partition coefficient (Wildman–Crippen LogP) is 0.830. The fourth-order valence-electron chi connectivity index (χ4n) is 2.36. The second kappa shape index (κ2) is 4.60. The Labute approximate surface area is 87.5 Å². The van der Waals surface area contributed by atoms with E-state index < -0.39 is 5.60 Å². The quantitative estimate of drug-likeness (QED) is 0.708. The smallest absolute Gasteiger partial charge is 0.0718 e. The van der Waals surface area contributed by atoms with Gasteiger partial charge in [-0.15, -0.1) is 0 Å². The Morgan fingerprint density at radius 2 is 2.14 bits per heavy atom. The average molecular weight is 200 g/mol. The molecule has 3 nitrogen and oxygen atoms in total. The third-order valence-corrected chi connectivity index (χ3v) is 2.92. The van der Waals surface area contributed by atoms with Crippen molar-refractivity contribution in [1.29, 1.82) is 0 Å². The molecule has 1 saturated heterocycles. The van der Waals surface area contributed by atoms with Crippen molar-refractivity contribution in [1.82, 2.24) is 10.2 Å². The predicted molar refractivity (Wildman–Crippen MR) is 59.4 cm³/mol. The van der Waals surface area contributed by atoms with Gasteiger partial charge in [-0.3, -0.25) is 4.90 Å². The van der Waals surface area contributed by atoms with Crippen LogP contribution in [0.15, 0.2) is 0 Å². The molecule has 0 aliphatic carbocycles. The molecular weight excluding hydrogens is 176 g/mol. The number of rotatable bonds is 3. The van der Waals surface area contributed by atoms with Crippen LogP contribution in [0.3, 0.4) is 0 Å². The lowest BCUT2D eigenvalue weighted by Crippen LogP contribution is -2.53. The minimum atomic E-state index is -0.591. The molecule has 2 N–H and O–H groups in total. The summed E-state index contributed by atoms with van der Waals surface area (Å²) in [6.45, 7) is 7.83. The van der Waals surface area contributed by atoms with Crippen LogP contribution in [0.5, 0.6) is 0 Å². The molecule has 0 aromatic carbocycles. The van der Waals surface area contributed by atoms with E-state index in [0.717, 1.165) is 13.1 Å². The summed E-state index contributed by atoms with van der Waals surface area (Å²) in [5, 5.41) is 13.2. The van der Waals surface area contributed by atoms with Gasteiger partial charge in [-0.25, -0.2) is 0 Å². The van der Waals surface area contributed by atoms with Crippen LogP contribution in [-0.2, 0) is 0 Å². The summed E-state index contributed by atoms with van der Waals surface area (Å²) in [6.07, 6.45) is 2.48. The van der Waals surface area contributed by atoms with Crippen molar-refractivity contribution < 1.29 is 5.11 Å². The monoisotopic (exact) mass is 200 g/mol. The zero-order valence-electron chi connectivity index (χ0n) is 9.88. The van der Waals surface area contributed by atoms with Crippen molar-refractivity contribution in [3.63, 3.8) is 0 Å². The number of hydrogen-bond donors (Lipinski definition) is 2. The van der Waals surface area contributed by atoms with Gasteiger partial charge in [0.15, 0.2) is 0 Å². The molecule has 1 fully saturated rings. The van der Waals surface area contributed by atoms with Gasteiger partial charge in [0.25, 0.3) is 0 Å². The highest BCUT2D eigenvalue weighted by Crippen LogP contribution is 2.16. The Bertz CT molecular complexity index is 177. The van der Waals surface area contributed by atoms with Gasteiger partial charge < -0.3 is 10.4 Å². The van der Waals surface area contributed by atoms with Crippen LogP contribution in [0.25, 0.3) is 0 Å². The Morgan fingerprint density at radius 3 is 2.64 bits per heavy atom. The molecule has 0 radical (unpaired) electrons. The van der Waals surface area contributed by atoms with Crippen LogP contribution in [-0.4, -0.2) is 47.8 Å². The van der Waals surface area contributed by atoms with E-state index in [1.54, 1.807) is 0 Å². The van der Waals surface area contributed by atoms with E-state index in [1.165, 1.54) is 12.8 Å². The molecule has 0 saturated carbocycles. The van der Waals surface area contributed by atoms with Gasteiger partial charge in [-0.2, -0.15) is 0 Å². The van der Waals surface area contributed by atoms with Gasteiger partial charge in [0.2, 0.25) is 0 Å².